The number of rotatable bonds is 6. The fraction of sp³-hybridized carbons (Fsp3) is 0.350. The van der Waals surface area contributed by atoms with Crippen LogP contribution in [0.2, 0.25) is 0 Å². The van der Waals surface area contributed by atoms with Gasteiger partial charge in [-0.2, -0.15) is 0 Å². The number of carbonyl (C=O) groups is 2. The molecule has 0 radical (unpaired) electrons. The first-order valence-electron chi connectivity index (χ1n) is 9.05. The zero-order valence-electron chi connectivity index (χ0n) is 15.2. The van der Waals surface area contributed by atoms with Crippen molar-refractivity contribution in [1.82, 2.24) is 4.98 Å². The molecule has 0 aliphatic carbocycles. The summed E-state index contributed by atoms with van der Waals surface area (Å²) in [7, 11) is 0. The highest BCUT2D eigenvalue weighted by molar-refractivity contribution is 6.04. The Balaban J connectivity index is 1.64. The van der Waals surface area contributed by atoms with E-state index in [2.05, 4.69) is 10.3 Å². The Labute approximate surface area is 158 Å². The maximum atomic E-state index is 12.5. The highest BCUT2D eigenvalue weighted by Crippen LogP contribution is 2.23. The first-order valence-corrected chi connectivity index (χ1v) is 9.05. The molecule has 0 spiro atoms. The van der Waals surface area contributed by atoms with Crippen molar-refractivity contribution in [2.75, 3.05) is 29.9 Å². The van der Waals surface area contributed by atoms with Crippen LogP contribution in [0.3, 0.4) is 0 Å². The van der Waals surface area contributed by atoms with Gasteiger partial charge in [0.25, 0.3) is 5.91 Å². The molecule has 142 valence electrons. The summed E-state index contributed by atoms with van der Waals surface area (Å²) in [6, 6.07) is 10.6. The molecule has 1 aliphatic rings. The van der Waals surface area contributed by atoms with Crippen molar-refractivity contribution in [2.24, 2.45) is 5.92 Å². The number of anilines is 2. The number of carboxylic acids is 1. The monoisotopic (exact) mass is 369 g/mol. The molecule has 7 nitrogen and oxygen atoms in total. The van der Waals surface area contributed by atoms with E-state index in [0.717, 1.165) is 5.75 Å². The van der Waals surface area contributed by atoms with Crippen LogP contribution >= 0.6 is 0 Å². The van der Waals surface area contributed by atoms with Gasteiger partial charge in [0.1, 0.15) is 11.6 Å². The highest BCUT2D eigenvalue weighted by Gasteiger charge is 2.25. The van der Waals surface area contributed by atoms with Gasteiger partial charge in [-0.15, -0.1) is 0 Å². The molecule has 0 unspecified atom stereocenters. The summed E-state index contributed by atoms with van der Waals surface area (Å²) in [6.07, 6.45) is 2.77. The fourth-order valence-electron chi connectivity index (χ4n) is 3.09. The van der Waals surface area contributed by atoms with Crippen LogP contribution in [0, 0.1) is 5.92 Å². The number of piperidine rings is 1. The summed E-state index contributed by atoms with van der Waals surface area (Å²) in [5, 5.41) is 12.0. The SMILES string of the molecule is CCOc1ccc(NC(=O)c2ccnc(N3CCC(C(=O)O)CC3)c2)cc1. The number of pyridine rings is 1. The number of hydrogen-bond donors (Lipinski definition) is 2. The Morgan fingerprint density at radius 3 is 2.56 bits per heavy atom. The molecular formula is C20H23N3O4. The van der Waals surface area contributed by atoms with Crippen LogP contribution in [0.4, 0.5) is 11.5 Å². The molecule has 0 atom stereocenters. The van der Waals surface area contributed by atoms with E-state index in [-0.39, 0.29) is 11.8 Å². The minimum atomic E-state index is -0.744. The molecule has 2 heterocycles. The quantitative estimate of drug-likeness (QED) is 0.813. The van der Waals surface area contributed by atoms with Crippen LogP contribution in [0.15, 0.2) is 42.6 Å². The number of hydrogen-bond acceptors (Lipinski definition) is 5. The Morgan fingerprint density at radius 2 is 1.93 bits per heavy atom. The molecule has 1 fully saturated rings. The number of nitrogens with zero attached hydrogens (tertiary/aromatic N) is 2. The maximum Gasteiger partial charge on any atom is 0.306 e. The predicted molar refractivity (Wildman–Crippen MR) is 102 cm³/mol. The lowest BCUT2D eigenvalue weighted by Gasteiger charge is -2.31. The van der Waals surface area contributed by atoms with Gasteiger partial charge in [0.05, 0.1) is 12.5 Å². The van der Waals surface area contributed by atoms with Gasteiger partial charge in [-0.3, -0.25) is 9.59 Å². The zero-order valence-corrected chi connectivity index (χ0v) is 15.2. The standard InChI is InChI=1S/C20H23N3O4/c1-2-27-17-5-3-16(4-6-17)22-19(24)15-7-10-21-18(13-15)23-11-8-14(9-12-23)20(25)26/h3-7,10,13-14H,2,8-9,11-12H2,1H3,(H,22,24)(H,25,26). The molecule has 0 bridgehead atoms. The minimum absolute atomic E-state index is 0.219. The van der Waals surface area contributed by atoms with Gasteiger partial charge in [-0.1, -0.05) is 0 Å². The van der Waals surface area contributed by atoms with Crippen LogP contribution in [0.25, 0.3) is 0 Å². The normalized spacial score (nSPS) is 14.6. The summed E-state index contributed by atoms with van der Waals surface area (Å²) < 4.78 is 5.39. The summed E-state index contributed by atoms with van der Waals surface area (Å²) in [5.74, 6) is 0.186. The Bertz CT molecular complexity index is 799. The van der Waals surface area contributed by atoms with Crippen molar-refractivity contribution in [1.29, 1.82) is 0 Å². The Kier molecular flexibility index (Phi) is 5.90. The fourth-order valence-corrected chi connectivity index (χ4v) is 3.09. The summed E-state index contributed by atoms with van der Waals surface area (Å²) in [4.78, 5) is 30.0. The number of aromatic nitrogens is 1. The van der Waals surface area contributed by atoms with Crippen molar-refractivity contribution in [3.63, 3.8) is 0 Å². The molecule has 2 N–H and O–H groups in total. The van der Waals surface area contributed by atoms with Gasteiger partial charge < -0.3 is 20.1 Å². The van der Waals surface area contributed by atoms with Crippen molar-refractivity contribution in [3.05, 3.63) is 48.2 Å². The van der Waals surface area contributed by atoms with E-state index in [0.29, 0.717) is 49.6 Å². The number of aliphatic carboxylic acids is 1. The second-order valence-electron chi connectivity index (χ2n) is 6.41. The van der Waals surface area contributed by atoms with Crippen molar-refractivity contribution in [2.45, 2.75) is 19.8 Å². The van der Waals surface area contributed by atoms with Gasteiger partial charge in [0.15, 0.2) is 0 Å². The molecule has 1 saturated heterocycles. The number of carboxylic acid groups (broad SMARTS) is 1. The molecular weight excluding hydrogens is 346 g/mol. The molecule has 1 aromatic heterocycles. The van der Waals surface area contributed by atoms with Crippen LogP contribution in [0.1, 0.15) is 30.1 Å². The smallest absolute Gasteiger partial charge is 0.306 e. The lowest BCUT2D eigenvalue weighted by molar-refractivity contribution is -0.142. The molecule has 2 aromatic rings. The number of carbonyl (C=O) groups excluding carboxylic acids is 1. The molecule has 1 amide bonds. The molecule has 27 heavy (non-hydrogen) atoms. The second-order valence-corrected chi connectivity index (χ2v) is 6.41. The predicted octanol–water partition coefficient (Wildman–Crippen LogP) is 3.03. The third kappa shape index (κ3) is 4.75. The summed E-state index contributed by atoms with van der Waals surface area (Å²) in [5.41, 5.74) is 1.19. The van der Waals surface area contributed by atoms with Crippen LogP contribution < -0.4 is 15.0 Å². The van der Waals surface area contributed by atoms with E-state index in [1.54, 1.807) is 30.5 Å². The number of nitrogens with one attached hydrogen (secondary N) is 1. The third-order valence-electron chi connectivity index (χ3n) is 4.60. The Morgan fingerprint density at radius 1 is 1.22 bits per heavy atom. The van der Waals surface area contributed by atoms with Crippen LogP contribution in [-0.4, -0.2) is 41.7 Å². The van der Waals surface area contributed by atoms with Gasteiger partial charge in [0.2, 0.25) is 0 Å². The second kappa shape index (κ2) is 8.53. The van der Waals surface area contributed by atoms with Crippen molar-refractivity contribution >= 4 is 23.4 Å². The third-order valence-corrected chi connectivity index (χ3v) is 4.60. The van der Waals surface area contributed by atoms with Gasteiger partial charge >= 0.3 is 5.97 Å². The topological polar surface area (TPSA) is 91.8 Å². The van der Waals surface area contributed by atoms with Gasteiger partial charge in [-0.25, -0.2) is 4.98 Å². The molecule has 0 saturated carbocycles. The van der Waals surface area contributed by atoms with Crippen molar-refractivity contribution < 1.29 is 19.4 Å². The average Bonchev–Trinajstić information content (AvgIpc) is 2.70. The maximum absolute atomic E-state index is 12.5. The number of ether oxygens (including phenoxy) is 1. The highest BCUT2D eigenvalue weighted by atomic mass is 16.5. The molecule has 3 rings (SSSR count). The molecule has 7 heteroatoms. The van der Waals surface area contributed by atoms with E-state index in [1.807, 2.05) is 24.0 Å². The van der Waals surface area contributed by atoms with Crippen molar-refractivity contribution in [3.8, 4) is 5.75 Å². The van der Waals surface area contributed by atoms with Crippen LogP contribution in [0.5, 0.6) is 5.75 Å². The number of amides is 1. The largest absolute Gasteiger partial charge is 0.494 e. The van der Waals surface area contributed by atoms with Gasteiger partial charge in [-0.05, 0) is 56.2 Å². The first kappa shape index (κ1) is 18.7. The Hall–Kier alpha value is -3.09. The molecule has 1 aliphatic heterocycles. The van der Waals surface area contributed by atoms with Crippen LogP contribution in [-0.2, 0) is 4.79 Å². The summed E-state index contributed by atoms with van der Waals surface area (Å²) >= 11 is 0. The first-order chi connectivity index (χ1) is 13.1. The minimum Gasteiger partial charge on any atom is -0.494 e. The van der Waals surface area contributed by atoms with E-state index in [9.17, 15) is 9.59 Å². The van der Waals surface area contributed by atoms with E-state index in [1.165, 1.54) is 0 Å². The zero-order chi connectivity index (χ0) is 19.2. The lowest BCUT2D eigenvalue weighted by atomic mass is 9.97. The lowest BCUT2D eigenvalue weighted by Crippen LogP contribution is -2.36. The summed E-state index contributed by atoms with van der Waals surface area (Å²) in [6.45, 7) is 3.75. The van der Waals surface area contributed by atoms with Gasteiger partial charge in [0, 0.05) is 30.5 Å². The molecule has 1 aromatic carbocycles. The number of benzene rings is 1. The average molecular weight is 369 g/mol. The van der Waals surface area contributed by atoms with E-state index < -0.39 is 5.97 Å². The van der Waals surface area contributed by atoms with E-state index >= 15 is 0 Å². The van der Waals surface area contributed by atoms with E-state index in [4.69, 9.17) is 9.84 Å².